The zero-order valence-electron chi connectivity index (χ0n) is 11.0. The van der Waals surface area contributed by atoms with Crippen LogP contribution < -0.4 is 4.74 Å². The average molecular weight is 261 g/mol. The van der Waals surface area contributed by atoms with Crippen molar-refractivity contribution in [1.82, 2.24) is 0 Å². The molecule has 19 heavy (non-hydrogen) atoms. The van der Waals surface area contributed by atoms with E-state index >= 15 is 0 Å². The van der Waals surface area contributed by atoms with Crippen LogP contribution in [0.25, 0.3) is 0 Å². The number of benzene rings is 1. The molecule has 0 amide bonds. The average Bonchev–Trinajstić information content (AvgIpc) is 2.48. The molecule has 1 saturated heterocycles. The maximum absolute atomic E-state index is 8.92. The van der Waals surface area contributed by atoms with E-state index in [-0.39, 0.29) is 0 Å². The largest absolute Gasteiger partial charge is 0.490 e. The summed E-state index contributed by atoms with van der Waals surface area (Å²) >= 11 is 0. The minimum absolute atomic E-state index is 0.474. The summed E-state index contributed by atoms with van der Waals surface area (Å²) in [5, 5.41) is 8.92. The molecule has 0 bridgehead atoms. The van der Waals surface area contributed by atoms with Crippen LogP contribution in [0.2, 0.25) is 0 Å². The van der Waals surface area contributed by atoms with Crippen molar-refractivity contribution in [2.45, 2.75) is 12.8 Å². The van der Waals surface area contributed by atoms with E-state index < -0.39 is 0 Å². The van der Waals surface area contributed by atoms with Crippen molar-refractivity contribution in [3.63, 3.8) is 0 Å². The molecule has 0 aromatic heterocycles. The molecule has 0 N–H and O–H groups in total. The first-order valence-corrected chi connectivity index (χ1v) is 6.67. The van der Waals surface area contributed by atoms with Gasteiger partial charge in [0.2, 0.25) is 0 Å². The number of hydrogen-bond donors (Lipinski definition) is 0. The molecule has 1 aliphatic rings. The molecule has 0 saturated carbocycles. The minimum atomic E-state index is 0.474. The van der Waals surface area contributed by atoms with E-state index in [1.165, 1.54) is 0 Å². The van der Waals surface area contributed by atoms with Gasteiger partial charge in [-0.15, -0.1) is 0 Å². The first kappa shape index (κ1) is 13.9. The zero-order valence-corrected chi connectivity index (χ0v) is 11.0. The van der Waals surface area contributed by atoms with Crippen LogP contribution in [-0.2, 0) is 9.47 Å². The van der Waals surface area contributed by atoms with Crippen molar-refractivity contribution in [2.24, 2.45) is 5.92 Å². The fourth-order valence-electron chi connectivity index (χ4n) is 2.06. The van der Waals surface area contributed by atoms with E-state index in [9.17, 15) is 0 Å². The highest BCUT2D eigenvalue weighted by molar-refractivity contribution is 5.42. The lowest BCUT2D eigenvalue weighted by molar-refractivity contribution is 0.0139. The Labute approximate surface area is 113 Å². The maximum Gasteiger partial charge on any atom is 0.137 e. The van der Waals surface area contributed by atoms with Crippen molar-refractivity contribution in [1.29, 1.82) is 5.26 Å². The monoisotopic (exact) mass is 261 g/mol. The molecular formula is C15H19NO3. The Morgan fingerprint density at radius 2 is 2.00 bits per heavy atom. The van der Waals surface area contributed by atoms with E-state index in [0.29, 0.717) is 30.4 Å². The number of nitriles is 1. The summed E-state index contributed by atoms with van der Waals surface area (Å²) in [5.74, 6) is 1.24. The van der Waals surface area contributed by atoms with Gasteiger partial charge < -0.3 is 14.2 Å². The fourth-order valence-corrected chi connectivity index (χ4v) is 2.06. The third-order valence-corrected chi connectivity index (χ3v) is 3.19. The Kier molecular flexibility index (Phi) is 5.67. The van der Waals surface area contributed by atoms with Crippen LogP contribution in [-0.4, -0.2) is 33.0 Å². The smallest absolute Gasteiger partial charge is 0.137 e. The number of nitrogens with zero attached hydrogens (tertiary/aromatic N) is 1. The van der Waals surface area contributed by atoms with E-state index in [0.717, 1.165) is 32.7 Å². The summed E-state index contributed by atoms with van der Waals surface area (Å²) in [6.45, 7) is 3.49. The van der Waals surface area contributed by atoms with Crippen LogP contribution in [0, 0.1) is 17.2 Å². The molecule has 2 rings (SSSR count). The summed E-state index contributed by atoms with van der Waals surface area (Å²) in [6.07, 6.45) is 2.16. The third kappa shape index (κ3) is 4.55. The van der Waals surface area contributed by atoms with Crippen molar-refractivity contribution < 1.29 is 14.2 Å². The Balaban J connectivity index is 1.62. The highest BCUT2D eigenvalue weighted by Gasteiger charge is 2.13. The first-order chi connectivity index (χ1) is 9.40. The maximum atomic E-state index is 8.92. The molecule has 1 heterocycles. The fraction of sp³-hybridized carbons (Fsp3) is 0.533. The molecule has 0 radical (unpaired) electrons. The molecule has 1 fully saturated rings. The van der Waals surface area contributed by atoms with Gasteiger partial charge in [0.1, 0.15) is 18.4 Å². The van der Waals surface area contributed by atoms with Crippen LogP contribution in [0.15, 0.2) is 24.3 Å². The van der Waals surface area contributed by atoms with Crippen molar-refractivity contribution >= 4 is 0 Å². The van der Waals surface area contributed by atoms with Gasteiger partial charge >= 0.3 is 0 Å². The minimum Gasteiger partial charge on any atom is -0.490 e. The van der Waals surface area contributed by atoms with Crippen LogP contribution >= 0.6 is 0 Å². The molecule has 0 atom stereocenters. The van der Waals surface area contributed by atoms with Gasteiger partial charge in [0, 0.05) is 19.8 Å². The van der Waals surface area contributed by atoms with E-state index in [2.05, 4.69) is 6.07 Å². The molecular weight excluding hydrogens is 242 g/mol. The van der Waals surface area contributed by atoms with E-state index in [1.807, 2.05) is 12.1 Å². The molecule has 4 nitrogen and oxygen atoms in total. The molecule has 4 heteroatoms. The standard InChI is InChI=1S/C15H19NO3/c16-11-14-3-1-2-4-15(14)19-10-9-18-12-13-5-7-17-8-6-13/h1-4,13H,5-10,12H2. The molecule has 1 aliphatic heterocycles. The molecule has 0 spiro atoms. The van der Waals surface area contributed by atoms with E-state index in [4.69, 9.17) is 19.5 Å². The number of rotatable bonds is 6. The normalized spacial score (nSPS) is 15.9. The van der Waals surface area contributed by atoms with Crippen LogP contribution in [0.3, 0.4) is 0 Å². The molecule has 0 aliphatic carbocycles. The lowest BCUT2D eigenvalue weighted by Crippen LogP contribution is -2.21. The van der Waals surface area contributed by atoms with E-state index in [1.54, 1.807) is 12.1 Å². The van der Waals surface area contributed by atoms with Gasteiger partial charge in [-0.05, 0) is 30.9 Å². The third-order valence-electron chi connectivity index (χ3n) is 3.19. The number of para-hydroxylation sites is 1. The van der Waals surface area contributed by atoms with Gasteiger partial charge in [0.25, 0.3) is 0 Å². The highest BCUT2D eigenvalue weighted by Crippen LogP contribution is 2.17. The van der Waals surface area contributed by atoms with Crippen LogP contribution in [0.5, 0.6) is 5.75 Å². The Hall–Kier alpha value is -1.57. The summed E-state index contributed by atoms with van der Waals surface area (Å²) in [4.78, 5) is 0. The second-order valence-corrected chi connectivity index (χ2v) is 4.59. The van der Waals surface area contributed by atoms with Gasteiger partial charge in [0.15, 0.2) is 0 Å². The Morgan fingerprint density at radius 3 is 2.79 bits per heavy atom. The molecule has 102 valence electrons. The lowest BCUT2D eigenvalue weighted by atomic mass is 10.0. The van der Waals surface area contributed by atoms with Gasteiger partial charge in [-0.1, -0.05) is 12.1 Å². The summed E-state index contributed by atoms with van der Waals surface area (Å²) in [5.41, 5.74) is 0.562. The summed E-state index contributed by atoms with van der Waals surface area (Å²) in [7, 11) is 0. The highest BCUT2D eigenvalue weighted by atomic mass is 16.5. The zero-order chi connectivity index (χ0) is 13.3. The first-order valence-electron chi connectivity index (χ1n) is 6.67. The second-order valence-electron chi connectivity index (χ2n) is 4.59. The summed E-state index contributed by atoms with van der Waals surface area (Å²) in [6, 6.07) is 9.35. The lowest BCUT2D eigenvalue weighted by Gasteiger charge is -2.21. The number of ether oxygens (including phenoxy) is 3. The van der Waals surface area contributed by atoms with Gasteiger partial charge in [-0.2, -0.15) is 5.26 Å². The van der Waals surface area contributed by atoms with Crippen molar-refractivity contribution in [3.05, 3.63) is 29.8 Å². The quantitative estimate of drug-likeness (QED) is 0.738. The second kappa shape index (κ2) is 7.78. The predicted octanol–water partition coefficient (Wildman–Crippen LogP) is 2.38. The predicted molar refractivity (Wildman–Crippen MR) is 71.0 cm³/mol. The van der Waals surface area contributed by atoms with Crippen LogP contribution in [0.4, 0.5) is 0 Å². The van der Waals surface area contributed by atoms with Gasteiger partial charge in [-0.25, -0.2) is 0 Å². The van der Waals surface area contributed by atoms with Gasteiger partial charge in [0.05, 0.1) is 12.2 Å². The van der Waals surface area contributed by atoms with Crippen molar-refractivity contribution in [3.8, 4) is 11.8 Å². The summed E-state index contributed by atoms with van der Waals surface area (Å²) < 4.78 is 16.4. The molecule has 1 aromatic carbocycles. The SMILES string of the molecule is N#Cc1ccccc1OCCOCC1CCOCC1. The topological polar surface area (TPSA) is 51.5 Å². The number of hydrogen-bond acceptors (Lipinski definition) is 4. The van der Waals surface area contributed by atoms with Crippen LogP contribution in [0.1, 0.15) is 18.4 Å². The van der Waals surface area contributed by atoms with Gasteiger partial charge in [-0.3, -0.25) is 0 Å². The Morgan fingerprint density at radius 1 is 1.21 bits per heavy atom. The van der Waals surface area contributed by atoms with Crippen molar-refractivity contribution in [2.75, 3.05) is 33.0 Å². The Bertz CT molecular complexity index is 422. The molecule has 0 unspecified atom stereocenters. The molecule has 1 aromatic rings.